The molecule has 0 spiro atoms. The quantitative estimate of drug-likeness (QED) is 0.935. The smallest absolute Gasteiger partial charge is 0.161 e. The fourth-order valence-corrected chi connectivity index (χ4v) is 2.91. The van der Waals surface area contributed by atoms with Crippen molar-refractivity contribution in [3.8, 4) is 11.4 Å². The van der Waals surface area contributed by atoms with Gasteiger partial charge in [0.15, 0.2) is 5.82 Å². The first-order valence-electron chi connectivity index (χ1n) is 7.79. The van der Waals surface area contributed by atoms with E-state index in [0.29, 0.717) is 6.04 Å². The van der Waals surface area contributed by atoms with Gasteiger partial charge in [-0.1, -0.05) is 6.92 Å². The first-order chi connectivity index (χ1) is 10.3. The lowest BCUT2D eigenvalue weighted by atomic mass is 9.92. The van der Waals surface area contributed by atoms with Gasteiger partial charge in [-0.25, -0.2) is 9.97 Å². The van der Waals surface area contributed by atoms with Crippen LogP contribution < -0.4 is 5.32 Å². The third kappa shape index (κ3) is 2.95. The number of aromatic nitrogens is 3. The molecule has 0 amide bonds. The molecule has 1 N–H and O–H groups in total. The largest absolute Gasteiger partial charge is 0.310 e. The summed E-state index contributed by atoms with van der Waals surface area (Å²) < 4.78 is 0. The van der Waals surface area contributed by atoms with Crippen LogP contribution in [0, 0.1) is 6.92 Å². The number of rotatable bonds is 4. The van der Waals surface area contributed by atoms with Crippen LogP contribution in [0.25, 0.3) is 11.4 Å². The summed E-state index contributed by atoms with van der Waals surface area (Å²) >= 11 is 0. The van der Waals surface area contributed by atoms with E-state index in [4.69, 9.17) is 4.98 Å². The van der Waals surface area contributed by atoms with Crippen molar-refractivity contribution in [1.29, 1.82) is 0 Å². The summed E-state index contributed by atoms with van der Waals surface area (Å²) in [6.07, 6.45) is 10.2. The average molecular weight is 282 g/mol. The van der Waals surface area contributed by atoms with Gasteiger partial charge in [0.1, 0.15) is 0 Å². The Balaban J connectivity index is 1.93. The number of fused-ring (bicyclic) bond motifs is 1. The van der Waals surface area contributed by atoms with Crippen molar-refractivity contribution >= 4 is 0 Å². The van der Waals surface area contributed by atoms with Crippen LogP contribution in [-0.4, -0.2) is 21.5 Å². The van der Waals surface area contributed by atoms with Gasteiger partial charge in [-0.15, -0.1) is 0 Å². The van der Waals surface area contributed by atoms with Gasteiger partial charge in [0.05, 0.1) is 0 Å². The summed E-state index contributed by atoms with van der Waals surface area (Å²) in [6, 6.07) is 2.42. The minimum atomic E-state index is 0.415. The predicted molar refractivity (Wildman–Crippen MR) is 84.0 cm³/mol. The molecule has 1 atom stereocenters. The number of nitrogens with zero attached hydrogens (tertiary/aromatic N) is 3. The van der Waals surface area contributed by atoms with Gasteiger partial charge < -0.3 is 5.32 Å². The molecular weight excluding hydrogens is 260 g/mol. The summed E-state index contributed by atoms with van der Waals surface area (Å²) in [5, 5.41) is 3.61. The maximum Gasteiger partial charge on any atom is 0.161 e. The molecule has 4 nitrogen and oxygen atoms in total. The average Bonchev–Trinajstić information content (AvgIpc) is 2.52. The molecule has 0 saturated carbocycles. The topological polar surface area (TPSA) is 50.7 Å². The Morgan fingerprint density at radius 1 is 1.33 bits per heavy atom. The minimum absolute atomic E-state index is 0.415. The van der Waals surface area contributed by atoms with Crippen LogP contribution >= 0.6 is 0 Å². The van der Waals surface area contributed by atoms with E-state index in [0.717, 1.165) is 30.8 Å². The van der Waals surface area contributed by atoms with E-state index in [1.807, 2.05) is 24.7 Å². The second-order valence-electron chi connectivity index (χ2n) is 5.69. The maximum atomic E-state index is 4.81. The van der Waals surface area contributed by atoms with E-state index >= 15 is 0 Å². The fraction of sp³-hybridized carbons (Fsp3) is 0.471. The number of nitrogens with one attached hydrogen (secondary N) is 1. The van der Waals surface area contributed by atoms with E-state index < -0.39 is 0 Å². The van der Waals surface area contributed by atoms with Gasteiger partial charge in [0.2, 0.25) is 0 Å². The van der Waals surface area contributed by atoms with Crippen LogP contribution in [0.5, 0.6) is 0 Å². The van der Waals surface area contributed by atoms with Crippen LogP contribution in [0.2, 0.25) is 0 Å². The summed E-state index contributed by atoms with van der Waals surface area (Å²) in [5.41, 5.74) is 4.67. The monoisotopic (exact) mass is 282 g/mol. The maximum absolute atomic E-state index is 4.81. The second-order valence-corrected chi connectivity index (χ2v) is 5.69. The zero-order chi connectivity index (χ0) is 14.7. The van der Waals surface area contributed by atoms with Crippen LogP contribution in [-0.2, 0) is 6.42 Å². The van der Waals surface area contributed by atoms with Crippen LogP contribution in [0.3, 0.4) is 0 Å². The molecule has 2 heterocycles. The van der Waals surface area contributed by atoms with Gasteiger partial charge in [0.25, 0.3) is 0 Å². The molecule has 0 fully saturated rings. The van der Waals surface area contributed by atoms with Gasteiger partial charge in [-0.2, -0.15) is 0 Å². The van der Waals surface area contributed by atoms with E-state index in [1.54, 1.807) is 0 Å². The highest BCUT2D eigenvalue weighted by atomic mass is 14.9. The van der Waals surface area contributed by atoms with Crippen molar-refractivity contribution < 1.29 is 0 Å². The normalized spacial score (nSPS) is 17.5. The molecule has 0 saturated heterocycles. The number of hydrogen-bond donors (Lipinski definition) is 1. The first-order valence-corrected chi connectivity index (χ1v) is 7.79. The van der Waals surface area contributed by atoms with Crippen LogP contribution in [0.4, 0.5) is 0 Å². The lowest BCUT2D eigenvalue weighted by molar-refractivity contribution is 0.454. The number of pyridine rings is 1. The molecule has 21 heavy (non-hydrogen) atoms. The molecule has 2 aromatic heterocycles. The summed E-state index contributed by atoms with van der Waals surface area (Å²) in [7, 11) is 0. The van der Waals surface area contributed by atoms with Gasteiger partial charge in [0, 0.05) is 41.5 Å². The zero-order valence-electron chi connectivity index (χ0n) is 12.8. The fourth-order valence-electron chi connectivity index (χ4n) is 2.91. The Kier molecular flexibility index (Phi) is 4.25. The van der Waals surface area contributed by atoms with Crippen molar-refractivity contribution in [1.82, 2.24) is 20.3 Å². The standard InChI is InChI=1S/C17H22N4/c1-3-8-19-15-5-4-6-16-14(15)11-20-17(21-16)13-10-18-9-7-12(13)2/h7,9-11,15,19H,3-6,8H2,1-2H3. The van der Waals surface area contributed by atoms with Crippen molar-refractivity contribution in [2.75, 3.05) is 6.54 Å². The Bertz CT molecular complexity index is 624. The van der Waals surface area contributed by atoms with E-state index in [9.17, 15) is 0 Å². The summed E-state index contributed by atoms with van der Waals surface area (Å²) in [6.45, 7) is 5.32. The highest BCUT2D eigenvalue weighted by molar-refractivity contribution is 5.58. The molecular formula is C17H22N4. The molecule has 4 heteroatoms. The van der Waals surface area contributed by atoms with Gasteiger partial charge in [-0.05, 0) is 50.8 Å². The first kappa shape index (κ1) is 14.1. The molecule has 0 radical (unpaired) electrons. The minimum Gasteiger partial charge on any atom is -0.310 e. The molecule has 110 valence electrons. The molecule has 3 rings (SSSR count). The van der Waals surface area contributed by atoms with Crippen molar-refractivity contribution in [3.05, 3.63) is 41.5 Å². The Labute approximate surface area is 126 Å². The Hall–Kier alpha value is -1.81. The third-order valence-electron chi connectivity index (χ3n) is 4.10. The van der Waals surface area contributed by atoms with Crippen molar-refractivity contribution in [2.45, 2.75) is 45.6 Å². The van der Waals surface area contributed by atoms with E-state index in [2.05, 4.69) is 29.1 Å². The van der Waals surface area contributed by atoms with Crippen LogP contribution in [0.1, 0.15) is 49.0 Å². The zero-order valence-corrected chi connectivity index (χ0v) is 12.8. The molecule has 2 aromatic rings. The molecule has 0 bridgehead atoms. The third-order valence-corrected chi connectivity index (χ3v) is 4.10. The lowest BCUT2D eigenvalue weighted by Crippen LogP contribution is -2.26. The molecule has 0 aliphatic heterocycles. The summed E-state index contributed by atoms with van der Waals surface area (Å²) in [4.78, 5) is 13.6. The summed E-state index contributed by atoms with van der Waals surface area (Å²) in [5.74, 6) is 0.801. The SMILES string of the molecule is CCCNC1CCCc2nc(-c3cnccc3C)ncc21. The van der Waals surface area contributed by atoms with Gasteiger partial charge in [-0.3, -0.25) is 4.98 Å². The van der Waals surface area contributed by atoms with Gasteiger partial charge >= 0.3 is 0 Å². The number of aryl methyl sites for hydroxylation is 2. The van der Waals surface area contributed by atoms with E-state index in [-0.39, 0.29) is 0 Å². The molecule has 1 unspecified atom stereocenters. The van der Waals surface area contributed by atoms with Crippen molar-refractivity contribution in [2.24, 2.45) is 0 Å². The Morgan fingerprint density at radius 3 is 3.05 bits per heavy atom. The van der Waals surface area contributed by atoms with E-state index in [1.165, 1.54) is 29.7 Å². The lowest BCUT2D eigenvalue weighted by Gasteiger charge is -2.25. The van der Waals surface area contributed by atoms with Crippen molar-refractivity contribution in [3.63, 3.8) is 0 Å². The molecule has 1 aliphatic rings. The molecule has 1 aliphatic carbocycles. The highest BCUT2D eigenvalue weighted by Gasteiger charge is 2.22. The second kappa shape index (κ2) is 6.31. The van der Waals surface area contributed by atoms with Crippen LogP contribution in [0.15, 0.2) is 24.7 Å². The Morgan fingerprint density at radius 2 is 2.24 bits per heavy atom. The highest BCUT2D eigenvalue weighted by Crippen LogP contribution is 2.29. The molecule has 0 aromatic carbocycles. The predicted octanol–water partition coefficient (Wildman–Crippen LogP) is 3.22. The number of hydrogen-bond acceptors (Lipinski definition) is 4.